The van der Waals surface area contributed by atoms with Crippen molar-refractivity contribution in [1.29, 1.82) is 0 Å². The average Bonchev–Trinajstić information content (AvgIpc) is 2.72. The molecule has 2 atom stereocenters. The molecule has 0 radical (unpaired) electrons. The molecular weight excluding hydrogens is 176 g/mol. The monoisotopic (exact) mass is 194 g/mol. The molecule has 78 valence electrons. The van der Waals surface area contributed by atoms with Crippen LogP contribution in [0.4, 0.5) is 0 Å². The van der Waals surface area contributed by atoms with Gasteiger partial charge in [0, 0.05) is 38.6 Å². The maximum atomic E-state index is 5.49. The van der Waals surface area contributed by atoms with Gasteiger partial charge in [-0.3, -0.25) is 0 Å². The minimum atomic E-state index is 0.360. The zero-order chi connectivity index (χ0) is 9.97. The fourth-order valence-electron chi connectivity index (χ4n) is 1.91. The van der Waals surface area contributed by atoms with Crippen molar-refractivity contribution in [2.75, 3.05) is 6.61 Å². The molecule has 14 heavy (non-hydrogen) atoms. The second-order valence-electron chi connectivity index (χ2n) is 4.04. The van der Waals surface area contributed by atoms with Crippen LogP contribution in [-0.4, -0.2) is 23.3 Å². The molecule has 1 aliphatic heterocycles. The van der Waals surface area contributed by atoms with Crippen LogP contribution in [0.15, 0.2) is 18.5 Å². The van der Waals surface area contributed by atoms with Gasteiger partial charge >= 0.3 is 0 Å². The molecule has 0 aromatic carbocycles. The van der Waals surface area contributed by atoms with Crippen molar-refractivity contribution < 1.29 is 4.74 Å². The molecule has 1 N–H and O–H groups in total. The van der Waals surface area contributed by atoms with E-state index in [0.29, 0.717) is 12.1 Å². The third-order valence-electron chi connectivity index (χ3n) is 2.84. The summed E-state index contributed by atoms with van der Waals surface area (Å²) in [6.07, 6.45) is 5.71. The lowest BCUT2D eigenvalue weighted by Crippen LogP contribution is -2.33. The lowest BCUT2D eigenvalue weighted by Gasteiger charge is -2.15. The molecule has 0 amide bonds. The van der Waals surface area contributed by atoms with Crippen molar-refractivity contribution in [2.24, 2.45) is 7.05 Å². The van der Waals surface area contributed by atoms with Crippen molar-refractivity contribution in [3.05, 3.63) is 24.0 Å². The summed E-state index contributed by atoms with van der Waals surface area (Å²) >= 11 is 0. The number of ether oxygens (including phenoxy) is 1. The Morgan fingerprint density at radius 3 is 3.07 bits per heavy atom. The molecule has 0 saturated carbocycles. The summed E-state index contributed by atoms with van der Waals surface area (Å²) in [7, 11) is 2.05. The fourth-order valence-corrected chi connectivity index (χ4v) is 1.91. The third-order valence-corrected chi connectivity index (χ3v) is 2.84. The third kappa shape index (κ3) is 2.16. The van der Waals surface area contributed by atoms with E-state index in [1.165, 1.54) is 5.56 Å². The van der Waals surface area contributed by atoms with Crippen LogP contribution in [0.25, 0.3) is 0 Å². The van der Waals surface area contributed by atoms with Gasteiger partial charge in [-0.1, -0.05) is 0 Å². The number of hydrogen-bond acceptors (Lipinski definition) is 2. The SMILES string of the molecule is CC1OCCC1NCc1ccn(C)c1. The number of aryl methyl sites for hydroxylation is 1. The Bertz CT molecular complexity index is 295. The largest absolute Gasteiger partial charge is 0.377 e. The number of hydrogen-bond donors (Lipinski definition) is 1. The summed E-state index contributed by atoms with van der Waals surface area (Å²) < 4.78 is 7.57. The second-order valence-corrected chi connectivity index (χ2v) is 4.04. The minimum Gasteiger partial charge on any atom is -0.377 e. The lowest BCUT2D eigenvalue weighted by molar-refractivity contribution is 0.113. The van der Waals surface area contributed by atoms with Gasteiger partial charge in [-0.2, -0.15) is 0 Å². The molecular formula is C11H18N2O. The Labute approximate surface area is 85.1 Å². The Morgan fingerprint density at radius 1 is 1.64 bits per heavy atom. The van der Waals surface area contributed by atoms with Gasteiger partial charge in [0.15, 0.2) is 0 Å². The van der Waals surface area contributed by atoms with Crippen LogP contribution in [0.5, 0.6) is 0 Å². The highest BCUT2D eigenvalue weighted by Crippen LogP contribution is 2.13. The normalized spacial score (nSPS) is 27.0. The van der Waals surface area contributed by atoms with Gasteiger partial charge in [-0.25, -0.2) is 0 Å². The van der Waals surface area contributed by atoms with E-state index in [0.717, 1.165) is 19.6 Å². The van der Waals surface area contributed by atoms with Gasteiger partial charge in [0.05, 0.1) is 6.10 Å². The molecule has 1 aliphatic rings. The standard InChI is InChI=1S/C11H18N2O/c1-9-11(4-6-14-9)12-7-10-3-5-13(2)8-10/h3,5,8-9,11-12H,4,6-7H2,1-2H3. The zero-order valence-electron chi connectivity index (χ0n) is 8.86. The van der Waals surface area contributed by atoms with Crippen molar-refractivity contribution in [1.82, 2.24) is 9.88 Å². The van der Waals surface area contributed by atoms with Crippen LogP contribution in [0.3, 0.4) is 0 Å². The molecule has 0 spiro atoms. The molecule has 1 fully saturated rings. The predicted molar refractivity (Wildman–Crippen MR) is 56.1 cm³/mol. The molecule has 1 aromatic heterocycles. The van der Waals surface area contributed by atoms with Crippen LogP contribution < -0.4 is 5.32 Å². The quantitative estimate of drug-likeness (QED) is 0.784. The first-order chi connectivity index (χ1) is 6.75. The van der Waals surface area contributed by atoms with Gasteiger partial charge in [-0.15, -0.1) is 0 Å². The molecule has 3 heteroatoms. The number of nitrogens with zero attached hydrogens (tertiary/aromatic N) is 1. The first-order valence-corrected chi connectivity index (χ1v) is 5.21. The summed E-state index contributed by atoms with van der Waals surface area (Å²) in [5.41, 5.74) is 1.34. The lowest BCUT2D eigenvalue weighted by atomic mass is 10.1. The van der Waals surface area contributed by atoms with E-state index < -0.39 is 0 Å². The molecule has 2 unspecified atom stereocenters. The molecule has 2 heterocycles. The number of rotatable bonds is 3. The van der Waals surface area contributed by atoms with Crippen LogP contribution in [0.2, 0.25) is 0 Å². The molecule has 1 aromatic rings. The summed E-state index contributed by atoms with van der Waals surface area (Å²) in [4.78, 5) is 0. The van der Waals surface area contributed by atoms with E-state index in [9.17, 15) is 0 Å². The maximum Gasteiger partial charge on any atom is 0.0700 e. The molecule has 0 aliphatic carbocycles. The number of nitrogens with one attached hydrogen (secondary N) is 1. The topological polar surface area (TPSA) is 26.2 Å². The summed E-state index contributed by atoms with van der Waals surface area (Å²) in [5, 5.41) is 3.52. The minimum absolute atomic E-state index is 0.360. The van der Waals surface area contributed by atoms with E-state index in [4.69, 9.17) is 4.74 Å². The van der Waals surface area contributed by atoms with Crippen LogP contribution in [0.1, 0.15) is 18.9 Å². The summed E-state index contributed by atoms with van der Waals surface area (Å²) in [6.45, 7) is 3.97. The zero-order valence-corrected chi connectivity index (χ0v) is 8.86. The number of aromatic nitrogens is 1. The fraction of sp³-hybridized carbons (Fsp3) is 0.636. The second kappa shape index (κ2) is 4.15. The average molecular weight is 194 g/mol. The van der Waals surface area contributed by atoms with E-state index in [2.05, 4.69) is 35.3 Å². The smallest absolute Gasteiger partial charge is 0.0700 e. The molecule has 0 bridgehead atoms. The summed E-state index contributed by atoms with van der Waals surface area (Å²) in [6, 6.07) is 2.67. The van der Waals surface area contributed by atoms with E-state index in [-0.39, 0.29) is 0 Å². The van der Waals surface area contributed by atoms with Crippen LogP contribution >= 0.6 is 0 Å². The van der Waals surface area contributed by atoms with E-state index >= 15 is 0 Å². The first kappa shape index (κ1) is 9.74. The first-order valence-electron chi connectivity index (χ1n) is 5.21. The Hall–Kier alpha value is -0.800. The van der Waals surface area contributed by atoms with Crippen molar-refractivity contribution in [3.63, 3.8) is 0 Å². The van der Waals surface area contributed by atoms with Gasteiger partial charge < -0.3 is 14.6 Å². The van der Waals surface area contributed by atoms with Crippen LogP contribution in [-0.2, 0) is 18.3 Å². The summed E-state index contributed by atoms with van der Waals surface area (Å²) in [5.74, 6) is 0. The molecule has 2 rings (SSSR count). The Morgan fingerprint density at radius 2 is 2.50 bits per heavy atom. The highest BCUT2D eigenvalue weighted by molar-refractivity contribution is 5.09. The van der Waals surface area contributed by atoms with Gasteiger partial charge in [0.1, 0.15) is 0 Å². The van der Waals surface area contributed by atoms with Crippen molar-refractivity contribution in [2.45, 2.75) is 32.0 Å². The highest BCUT2D eigenvalue weighted by atomic mass is 16.5. The van der Waals surface area contributed by atoms with E-state index in [1.54, 1.807) is 0 Å². The molecule has 1 saturated heterocycles. The maximum absolute atomic E-state index is 5.49. The predicted octanol–water partition coefficient (Wildman–Crippen LogP) is 1.29. The van der Waals surface area contributed by atoms with Gasteiger partial charge in [-0.05, 0) is 25.0 Å². The van der Waals surface area contributed by atoms with Gasteiger partial charge in [0.2, 0.25) is 0 Å². The Balaban J connectivity index is 1.82. The van der Waals surface area contributed by atoms with Gasteiger partial charge in [0.25, 0.3) is 0 Å². The highest BCUT2D eigenvalue weighted by Gasteiger charge is 2.23. The van der Waals surface area contributed by atoms with Crippen molar-refractivity contribution >= 4 is 0 Å². The molecule has 3 nitrogen and oxygen atoms in total. The van der Waals surface area contributed by atoms with Crippen LogP contribution in [0, 0.1) is 0 Å². The van der Waals surface area contributed by atoms with E-state index in [1.807, 2.05) is 7.05 Å². The Kier molecular flexibility index (Phi) is 2.89. The van der Waals surface area contributed by atoms with Crippen molar-refractivity contribution in [3.8, 4) is 0 Å².